The smallest absolute Gasteiger partial charge is 0.340 e. The summed E-state index contributed by atoms with van der Waals surface area (Å²) in [5, 5.41) is 0.387. The zero-order valence-corrected chi connectivity index (χ0v) is 9.09. The number of pyridine rings is 1. The minimum absolute atomic E-state index is 0.297. The van der Waals surface area contributed by atoms with Crippen molar-refractivity contribution in [2.24, 2.45) is 0 Å². The summed E-state index contributed by atoms with van der Waals surface area (Å²) < 4.78 is 5.24. The lowest BCUT2D eigenvalue weighted by Crippen LogP contribution is -2.03. The van der Waals surface area contributed by atoms with E-state index in [-0.39, 0.29) is 0 Å². The van der Waals surface area contributed by atoms with Crippen LogP contribution < -0.4 is 0 Å². The topological polar surface area (TPSA) is 39.2 Å². The maximum Gasteiger partial charge on any atom is 0.340 e. The van der Waals surface area contributed by atoms with Crippen molar-refractivity contribution in [1.29, 1.82) is 0 Å². The highest BCUT2D eigenvalue weighted by molar-refractivity contribution is 14.1. The largest absolute Gasteiger partial charge is 0.465 e. The van der Waals surface area contributed by atoms with Crippen LogP contribution in [0.2, 0.25) is 5.02 Å². The van der Waals surface area contributed by atoms with E-state index in [1.807, 2.05) is 22.6 Å². The van der Waals surface area contributed by atoms with Crippen molar-refractivity contribution in [2.75, 3.05) is 7.11 Å². The van der Waals surface area contributed by atoms with Gasteiger partial charge in [-0.1, -0.05) is 11.6 Å². The molecule has 0 spiro atoms. The van der Waals surface area contributed by atoms with Gasteiger partial charge >= 0.3 is 5.97 Å². The van der Waals surface area contributed by atoms with Crippen molar-refractivity contribution in [3.63, 3.8) is 0 Å². The maximum absolute atomic E-state index is 11.0. The molecule has 3 nitrogen and oxygen atoms in total. The molecule has 0 saturated heterocycles. The van der Waals surface area contributed by atoms with E-state index in [1.165, 1.54) is 13.3 Å². The molecule has 0 radical (unpaired) electrons. The number of nitrogens with zero attached hydrogens (tertiary/aromatic N) is 1. The fourth-order valence-electron chi connectivity index (χ4n) is 0.672. The average molecular weight is 297 g/mol. The Hall–Kier alpha value is -0.360. The number of hydrogen-bond acceptors (Lipinski definition) is 3. The quantitative estimate of drug-likeness (QED) is 0.589. The minimum atomic E-state index is -0.467. The second kappa shape index (κ2) is 4.04. The minimum Gasteiger partial charge on any atom is -0.465 e. The van der Waals surface area contributed by atoms with Crippen LogP contribution in [0.4, 0.5) is 0 Å². The molecule has 0 atom stereocenters. The van der Waals surface area contributed by atoms with Gasteiger partial charge in [0.05, 0.1) is 21.3 Å². The predicted octanol–water partition coefficient (Wildman–Crippen LogP) is 2.13. The monoisotopic (exact) mass is 297 g/mol. The Bertz CT molecular complexity index is 316. The molecule has 0 fully saturated rings. The summed E-state index contributed by atoms with van der Waals surface area (Å²) in [5.41, 5.74) is 0.297. The number of halogens is 2. The van der Waals surface area contributed by atoms with Gasteiger partial charge in [0.25, 0.3) is 0 Å². The van der Waals surface area contributed by atoms with E-state index in [1.54, 1.807) is 6.20 Å². The molecule has 0 unspecified atom stereocenters. The van der Waals surface area contributed by atoms with Crippen LogP contribution >= 0.6 is 34.2 Å². The van der Waals surface area contributed by atoms with Gasteiger partial charge in [-0.25, -0.2) is 4.79 Å². The van der Waals surface area contributed by atoms with E-state index in [2.05, 4.69) is 9.72 Å². The van der Waals surface area contributed by atoms with Crippen molar-refractivity contribution in [1.82, 2.24) is 4.98 Å². The molecule has 64 valence electrons. The summed E-state index contributed by atoms with van der Waals surface area (Å²) in [4.78, 5) is 14.9. The van der Waals surface area contributed by atoms with Crippen molar-refractivity contribution in [3.8, 4) is 0 Å². The molecule has 0 aliphatic rings. The average Bonchev–Trinajstić information content (AvgIpc) is 2.08. The summed E-state index contributed by atoms with van der Waals surface area (Å²) in [6.45, 7) is 0. The lowest BCUT2D eigenvalue weighted by Gasteiger charge is -2.01. The number of hydrogen-bond donors (Lipinski definition) is 0. The lowest BCUT2D eigenvalue weighted by molar-refractivity contribution is 0.0600. The molecule has 0 aromatic carbocycles. The van der Waals surface area contributed by atoms with Crippen molar-refractivity contribution in [3.05, 3.63) is 26.5 Å². The molecule has 1 aromatic rings. The summed E-state index contributed by atoms with van der Waals surface area (Å²) in [6.07, 6.45) is 2.96. The van der Waals surface area contributed by atoms with Gasteiger partial charge in [-0.2, -0.15) is 0 Å². The highest BCUT2D eigenvalue weighted by Gasteiger charge is 2.12. The number of ether oxygens (including phenoxy) is 1. The van der Waals surface area contributed by atoms with Crippen molar-refractivity contribution >= 4 is 40.2 Å². The second-order valence-electron chi connectivity index (χ2n) is 1.97. The first kappa shape index (κ1) is 9.73. The van der Waals surface area contributed by atoms with Gasteiger partial charge in [-0.05, 0) is 22.6 Å². The molecule has 0 saturated carbocycles. The van der Waals surface area contributed by atoms with Gasteiger partial charge < -0.3 is 4.74 Å². The van der Waals surface area contributed by atoms with Crippen molar-refractivity contribution < 1.29 is 9.53 Å². The Labute approximate surface area is 88.2 Å². The molecule has 12 heavy (non-hydrogen) atoms. The second-order valence-corrected chi connectivity index (χ2v) is 3.51. The predicted molar refractivity (Wildman–Crippen MR) is 53.3 cm³/mol. The van der Waals surface area contributed by atoms with Crippen LogP contribution in [0.25, 0.3) is 0 Å². The summed E-state index contributed by atoms with van der Waals surface area (Å²) in [6, 6.07) is 0. The van der Waals surface area contributed by atoms with E-state index in [4.69, 9.17) is 11.6 Å². The summed E-state index contributed by atoms with van der Waals surface area (Å²) >= 11 is 7.82. The Morgan fingerprint density at radius 3 is 2.92 bits per heavy atom. The van der Waals surface area contributed by atoms with Crippen LogP contribution in [0.15, 0.2) is 12.4 Å². The first-order chi connectivity index (χ1) is 5.66. The molecule has 1 heterocycles. The van der Waals surface area contributed by atoms with Gasteiger partial charge in [0.15, 0.2) is 0 Å². The van der Waals surface area contributed by atoms with E-state index >= 15 is 0 Å². The number of aromatic nitrogens is 1. The Morgan fingerprint density at radius 1 is 1.67 bits per heavy atom. The number of methoxy groups -OCH3 is 1. The highest BCUT2D eigenvalue weighted by atomic mass is 127. The normalized spacial score (nSPS) is 9.58. The molecule has 0 N–H and O–H groups in total. The fraction of sp³-hybridized carbons (Fsp3) is 0.143. The fourth-order valence-corrected chi connectivity index (χ4v) is 1.30. The molecule has 0 bridgehead atoms. The summed E-state index contributed by atoms with van der Waals surface area (Å²) in [5.74, 6) is -0.467. The third kappa shape index (κ3) is 1.87. The van der Waals surface area contributed by atoms with Crippen LogP contribution in [0.3, 0.4) is 0 Å². The maximum atomic E-state index is 11.0. The molecule has 0 amide bonds. The Kier molecular flexibility index (Phi) is 3.28. The van der Waals surface area contributed by atoms with Gasteiger partial charge in [-0.3, -0.25) is 4.98 Å². The first-order valence-corrected chi connectivity index (χ1v) is 4.49. The van der Waals surface area contributed by atoms with E-state index in [0.717, 1.165) is 3.57 Å². The standard InChI is InChI=1S/C7H5ClINO2/c1-12-7(11)4-2-10-3-5(9)6(4)8/h2-3H,1H3. The molecule has 0 aliphatic heterocycles. The van der Waals surface area contributed by atoms with Gasteiger partial charge in [-0.15, -0.1) is 0 Å². The Balaban J connectivity index is 3.16. The van der Waals surface area contributed by atoms with Crippen molar-refractivity contribution in [2.45, 2.75) is 0 Å². The summed E-state index contributed by atoms with van der Waals surface area (Å²) in [7, 11) is 1.30. The zero-order chi connectivity index (χ0) is 9.14. The number of rotatable bonds is 1. The highest BCUT2D eigenvalue weighted by Crippen LogP contribution is 2.21. The van der Waals surface area contributed by atoms with Crippen LogP contribution in [-0.2, 0) is 4.74 Å². The third-order valence-electron chi connectivity index (χ3n) is 1.24. The van der Waals surface area contributed by atoms with Crippen LogP contribution in [0, 0.1) is 3.57 Å². The lowest BCUT2D eigenvalue weighted by atomic mass is 10.3. The van der Waals surface area contributed by atoms with Gasteiger partial charge in [0, 0.05) is 12.4 Å². The first-order valence-electron chi connectivity index (χ1n) is 3.04. The van der Waals surface area contributed by atoms with E-state index < -0.39 is 5.97 Å². The number of carbonyl (C=O) groups excluding carboxylic acids is 1. The van der Waals surface area contributed by atoms with E-state index in [9.17, 15) is 4.79 Å². The Morgan fingerprint density at radius 2 is 2.33 bits per heavy atom. The van der Waals surface area contributed by atoms with Crippen LogP contribution in [-0.4, -0.2) is 18.1 Å². The molecular formula is C7H5ClINO2. The molecule has 1 aromatic heterocycles. The molecule has 5 heteroatoms. The number of esters is 1. The molecular weight excluding hydrogens is 292 g/mol. The van der Waals surface area contributed by atoms with E-state index in [0.29, 0.717) is 10.6 Å². The van der Waals surface area contributed by atoms with Gasteiger partial charge in [0.2, 0.25) is 0 Å². The zero-order valence-electron chi connectivity index (χ0n) is 6.17. The number of carbonyl (C=O) groups is 1. The van der Waals surface area contributed by atoms with Gasteiger partial charge in [0.1, 0.15) is 0 Å². The SMILES string of the molecule is COC(=O)c1cncc(I)c1Cl. The molecule has 0 aliphatic carbocycles. The molecule has 1 rings (SSSR count). The third-order valence-corrected chi connectivity index (χ3v) is 2.79. The van der Waals surface area contributed by atoms with Crippen LogP contribution in [0.5, 0.6) is 0 Å². The van der Waals surface area contributed by atoms with Crippen LogP contribution in [0.1, 0.15) is 10.4 Å².